The van der Waals surface area contributed by atoms with Crippen LogP contribution in [0.5, 0.6) is 0 Å². The fourth-order valence-electron chi connectivity index (χ4n) is 3.35. The van der Waals surface area contributed by atoms with Crippen LogP contribution in [0, 0.1) is 5.82 Å². The quantitative estimate of drug-likeness (QED) is 0.185. The first-order valence-corrected chi connectivity index (χ1v) is 10.7. The number of aromatic nitrogens is 2. The number of nitrogens with zero attached hydrogens (tertiary/aromatic N) is 2. The van der Waals surface area contributed by atoms with Gasteiger partial charge in [-0.25, -0.2) is 9.37 Å². The summed E-state index contributed by atoms with van der Waals surface area (Å²) >= 11 is 1.16. The topological polar surface area (TPSA) is 34.9 Å². The maximum atomic E-state index is 13.2. The zero-order valence-electron chi connectivity index (χ0n) is 16.9. The molecule has 1 unspecified atom stereocenters. The minimum Gasteiger partial charge on any atom is -0.314 e. The molecule has 0 saturated heterocycles. The molecule has 164 valence electrons. The Morgan fingerprint density at radius 2 is 1.72 bits per heavy atom. The number of fused-ring (bicyclic) bond motifs is 1. The number of carbonyl (C=O) groups excluding carboxylic acids is 1. The van der Waals surface area contributed by atoms with Crippen molar-refractivity contribution in [3.63, 3.8) is 0 Å². The van der Waals surface area contributed by atoms with Crippen LogP contribution in [0.3, 0.4) is 0 Å². The molecule has 3 nitrogen and oxygen atoms in total. The first kappa shape index (κ1) is 22.1. The van der Waals surface area contributed by atoms with Crippen LogP contribution in [0.25, 0.3) is 11.0 Å². The van der Waals surface area contributed by atoms with Gasteiger partial charge in [-0.3, -0.25) is 4.79 Å². The van der Waals surface area contributed by atoms with Crippen molar-refractivity contribution in [3.8, 4) is 0 Å². The fourth-order valence-corrected chi connectivity index (χ4v) is 4.35. The van der Waals surface area contributed by atoms with Gasteiger partial charge in [0.05, 0.1) is 28.4 Å². The molecule has 1 atom stereocenters. The Kier molecular flexibility index (Phi) is 6.06. The number of ketones is 1. The number of carbonyl (C=O) groups is 1. The zero-order chi connectivity index (χ0) is 22.9. The second-order valence-corrected chi connectivity index (χ2v) is 8.61. The lowest BCUT2D eigenvalue weighted by molar-refractivity contribution is -0.137. The lowest BCUT2D eigenvalue weighted by atomic mass is 10.1. The fraction of sp³-hybridized carbons (Fsp3) is 0.167. The van der Waals surface area contributed by atoms with E-state index in [1.807, 2.05) is 34.9 Å². The summed E-state index contributed by atoms with van der Waals surface area (Å²) in [7, 11) is 0. The standard InChI is InChI=1S/C24H18F4N2OS/c1-15(22(31)17-7-10-19(25)11-8-17)32-23-29-20-13-18(24(26,27)28)9-12-21(20)30(23)14-16-5-3-2-4-6-16/h2-13,15H,14H2,1H3. The Balaban J connectivity index is 1.71. The predicted molar refractivity (Wildman–Crippen MR) is 116 cm³/mol. The van der Waals surface area contributed by atoms with Crippen molar-refractivity contribution in [2.75, 3.05) is 0 Å². The van der Waals surface area contributed by atoms with Crippen LogP contribution in [0.4, 0.5) is 17.6 Å². The second kappa shape index (κ2) is 8.78. The predicted octanol–water partition coefficient (Wildman–Crippen LogP) is 6.61. The van der Waals surface area contributed by atoms with Crippen LogP contribution in [-0.4, -0.2) is 20.6 Å². The second-order valence-electron chi connectivity index (χ2n) is 7.30. The first-order valence-electron chi connectivity index (χ1n) is 9.80. The molecule has 32 heavy (non-hydrogen) atoms. The van der Waals surface area contributed by atoms with Crippen LogP contribution in [0.2, 0.25) is 0 Å². The molecule has 0 N–H and O–H groups in total. The molecular weight excluding hydrogens is 440 g/mol. The number of hydrogen-bond acceptors (Lipinski definition) is 3. The minimum absolute atomic E-state index is 0.208. The average Bonchev–Trinajstić information content (AvgIpc) is 3.10. The van der Waals surface area contributed by atoms with Gasteiger partial charge in [0.2, 0.25) is 0 Å². The molecule has 0 aliphatic rings. The number of alkyl halides is 3. The van der Waals surface area contributed by atoms with E-state index in [4.69, 9.17) is 0 Å². The van der Waals surface area contributed by atoms with Gasteiger partial charge in [0.1, 0.15) is 5.82 Å². The monoisotopic (exact) mass is 458 g/mol. The third kappa shape index (κ3) is 4.70. The van der Waals surface area contributed by atoms with Crippen molar-refractivity contribution in [2.45, 2.75) is 30.1 Å². The Morgan fingerprint density at radius 3 is 2.38 bits per heavy atom. The number of thioether (sulfide) groups is 1. The molecule has 1 heterocycles. The van der Waals surface area contributed by atoms with Crippen molar-refractivity contribution >= 4 is 28.6 Å². The molecule has 0 bridgehead atoms. The van der Waals surface area contributed by atoms with Gasteiger partial charge < -0.3 is 4.57 Å². The molecule has 0 amide bonds. The summed E-state index contributed by atoms with van der Waals surface area (Å²) < 4.78 is 54.6. The molecular formula is C24H18F4N2OS. The zero-order valence-corrected chi connectivity index (χ0v) is 17.8. The van der Waals surface area contributed by atoms with Gasteiger partial charge in [0.15, 0.2) is 10.9 Å². The Bertz CT molecular complexity index is 1250. The van der Waals surface area contributed by atoms with Crippen LogP contribution < -0.4 is 0 Å². The summed E-state index contributed by atoms with van der Waals surface area (Å²) in [6.07, 6.45) is -4.48. The number of Topliss-reactive ketones (excluding diaryl/α,β-unsaturated/α-hetero) is 1. The highest BCUT2D eigenvalue weighted by Crippen LogP contribution is 2.34. The smallest absolute Gasteiger partial charge is 0.314 e. The average molecular weight is 458 g/mol. The molecule has 0 spiro atoms. The van der Waals surface area contributed by atoms with E-state index in [0.29, 0.717) is 22.8 Å². The van der Waals surface area contributed by atoms with Crippen molar-refractivity contribution in [2.24, 2.45) is 0 Å². The molecule has 1 aromatic heterocycles. The van der Waals surface area contributed by atoms with Crippen molar-refractivity contribution < 1.29 is 22.4 Å². The number of hydrogen-bond donors (Lipinski definition) is 0. The first-order chi connectivity index (χ1) is 15.2. The van der Waals surface area contributed by atoms with Crippen LogP contribution in [0.1, 0.15) is 28.4 Å². The molecule has 0 fully saturated rings. The highest BCUT2D eigenvalue weighted by Gasteiger charge is 2.31. The Labute approximate surface area is 186 Å². The lowest BCUT2D eigenvalue weighted by Crippen LogP contribution is -2.15. The normalized spacial score (nSPS) is 12.8. The van der Waals surface area contributed by atoms with E-state index in [1.54, 1.807) is 6.92 Å². The largest absolute Gasteiger partial charge is 0.416 e. The number of halogens is 4. The molecule has 0 saturated carbocycles. The summed E-state index contributed by atoms with van der Waals surface area (Å²) in [4.78, 5) is 17.2. The summed E-state index contributed by atoms with van der Waals surface area (Å²) in [5.41, 5.74) is 1.29. The van der Waals surface area contributed by atoms with Gasteiger partial charge in [-0.1, -0.05) is 42.1 Å². The van der Waals surface area contributed by atoms with E-state index in [1.165, 1.54) is 30.3 Å². The molecule has 0 aliphatic carbocycles. The Hall–Kier alpha value is -3.13. The van der Waals surface area contributed by atoms with E-state index >= 15 is 0 Å². The molecule has 8 heteroatoms. The van der Waals surface area contributed by atoms with Crippen molar-refractivity contribution in [3.05, 3.63) is 95.3 Å². The highest BCUT2D eigenvalue weighted by molar-refractivity contribution is 8.00. The molecule has 3 aromatic carbocycles. The Morgan fingerprint density at radius 1 is 1.03 bits per heavy atom. The van der Waals surface area contributed by atoms with Gasteiger partial charge in [0.25, 0.3) is 0 Å². The van der Waals surface area contributed by atoms with E-state index in [0.717, 1.165) is 29.5 Å². The van der Waals surface area contributed by atoms with Crippen LogP contribution >= 0.6 is 11.8 Å². The van der Waals surface area contributed by atoms with Crippen LogP contribution in [-0.2, 0) is 12.7 Å². The third-order valence-electron chi connectivity index (χ3n) is 5.00. The van der Waals surface area contributed by atoms with Crippen LogP contribution in [0.15, 0.2) is 78.0 Å². The van der Waals surface area contributed by atoms with Gasteiger partial charge in [-0.15, -0.1) is 0 Å². The van der Waals surface area contributed by atoms with E-state index in [9.17, 15) is 22.4 Å². The van der Waals surface area contributed by atoms with E-state index in [2.05, 4.69) is 4.98 Å². The number of imidazole rings is 1. The third-order valence-corrected chi connectivity index (χ3v) is 6.09. The number of benzene rings is 3. The minimum atomic E-state index is -4.48. The van der Waals surface area contributed by atoms with Gasteiger partial charge in [0, 0.05) is 5.56 Å². The molecule has 0 radical (unpaired) electrons. The van der Waals surface area contributed by atoms with E-state index in [-0.39, 0.29) is 11.3 Å². The lowest BCUT2D eigenvalue weighted by Gasteiger charge is -2.13. The maximum Gasteiger partial charge on any atom is 0.416 e. The summed E-state index contributed by atoms with van der Waals surface area (Å²) in [5, 5.41) is -0.139. The summed E-state index contributed by atoms with van der Waals surface area (Å²) in [6, 6.07) is 18.2. The van der Waals surface area contributed by atoms with Gasteiger partial charge >= 0.3 is 6.18 Å². The molecule has 0 aliphatic heterocycles. The molecule has 4 aromatic rings. The van der Waals surface area contributed by atoms with E-state index < -0.39 is 22.8 Å². The molecule has 4 rings (SSSR count). The SMILES string of the molecule is CC(Sc1nc2cc(C(F)(F)F)ccc2n1Cc1ccccc1)C(=O)c1ccc(F)cc1. The summed E-state index contributed by atoms with van der Waals surface area (Å²) in [5.74, 6) is -0.656. The number of rotatable bonds is 6. The van der Waals surface area contributed by atoms with Gasteiger partial charge in [-0.05, 0) is 55.0 Å². The highest BCUT2D eigenvalue weighted by atomic mass is 32.2. The maximum absolute atomic E-state index is 13.2. The van der Waals surface area contributed by atoms with Gasteiger partial charge in [-0.2, -0.15) is 13.2 Å². The van der Waals surface area contributed by atoms with Crippen molar-refractivity contribution in [1.82, 2.24) is 9.55 Å². The van der Waals surface area contributed by atoms with Crippen molar-refractivity contribution in [1.29, 1.82) is 0 Å². The summed E-state index contributed by atoms with van der Waals surface area (Å²) in [6.45, 7) is 2.09.